The molecule has 2 bridgehead atoms. The number of hydrogen-bond donors (Lipinski definition) is 0. The van der Waals surface area contributed by atoms with Gasteiger partial charge >= 0.3 is 0 Å². The molecule has 2 saturated carbocycles. The summed E-state index contributed by atoms with van der Waals surface area (Å²) in [5, 5.41) is 5.24. The highest BCUT2D eigenvalue weighted by Gasteiger charge is 2.43. The van der Waals surface area contributed by atoms with Gasteiger partial charge in [-0.1, -0.05) is 89.1 Å². The molecule has 0 spiro atoms. The molecular formula is C43H43N3. The Bertz CT molecular complexity index is 2270. The van der Waals surface area contributed by atoms with Gasteiger partial charge in [-0.05, 0) is 108 Å². The van der Waals surface area contributed by atoms with Crippen LogP contribution in [0.5, 0.6) is 0 Å². The summed E-state index contributed by atoms with van der Waals surface area (Å²) in [4.78, 5) is 5.14. The molecule has 3 heterocycles. The summed E-state index contributed by atoms with van der Waals surface area (Å²) >= 11 is 0. The lowest BCUT2D eigenvalue weighted by Crippen LogP contribution is -2.39. The van der Waals surface area contributed by atoms with Gasteiger partial charge in [-0.3, -0.25) is 4.57 Å². The van der Waals surface area contributed by atoms with E-state index in [0.29, 0.717) is 5.41 Å². The van der Waals surface area contributed by atoms with Crippen LogP contribution in [0.25, 0.3) is 55.1 Å². The van der Waals surface area contributed by atoms with Gasteiger partial charge in [-0.25, -0.2) is 4.98 Å². The molecule has 9 rings (SSSR count). The normalized spacial score (nSPS) is 21.9. The molecule has 2 fully saturated rings. The number of rotatable bonds is 3. The fourth-order valence-electron chi connectivity index (χ4n) is 9.48. The number of nitrogens with zero attached hydrogens (tertiary/aromatic N) is 3. The lowest BCUT2D eigenvalue weighted by atomic mass is 9.56. The van der Waals surface area contributed by atoms with E-state index in [4.69, 9.17) is 4.98 Å². The summed E-state index contributed by atoms with van der Waals surface area (Å²) in [6.07, 6.45) is 10.3. The zero-order chi connectivity index (χ0) is 31.2. The standard InChI is InChI=1S/C43H43N3/c1-28-22-29-10-9-21-43(25-28,26-29)31-16-19-39-36(24-31)33-11-5-7-13-37(33)45(39)32-17-20-41(44-27-32)46-38-14-8-6-12-34(38)35-23-30(42(2,3)4)15-18-40(35)46/h5-8,11-20,23-24,27-29H,9-10,21-22,25-26H2,1-4H3. The average Bonchev–Trinajstić information content (AvgIpc) is 3.56. The minimum atomic E-state index is 0.0910. The zero-order valence-corrected chi connectivity index (χ0v) is 27.6. The van der Waals surface area contributed by atoms with Crippen molar-refractivity contribution in [2.24, 2.45) is 11.8 Å². The second-order valence-electron chi connectivity index (χ2n) is 15.6. The Hall–Kier alpha value is -4.37. The molecule has 0 radical (unpaired) electrons. The van der Waals surface area contributed by atoms with Crippen molar-refractivity contribution < 1.29 is 0 Å². The Balaban J connectivity index is 1.17. The molecule has 0 aliphatic heterocycles. The molecule has 230 valence electrons. The lowest BCUT2D eigenvalue weighted by molar-refractivity contribution is 0.110. The monoisotopic (exact) mass is 601 g/mol. The van der Waals surface area contributed by atoms with Crippen molar-refractivity contribution in [3.05, 3.63) is 114 Å². The second kappa shape index (κ2) is 10.1. The molecule has 3 heteroatoms. The van der Waals surface area contributed by atoms with E-state index < -0.39 is 0 Å². The first-order chi connectivity index (χ1) is 22.3. The highest BCUT2D eigenvalue weighted by Crippen LogP contribution is 2.53. The van der Waals surface area contributed by atoms with Crippen molar-refractivity contribution >= 4 is 43.6 Å². The molecule has 7 aromatic rings. The average molecular weight is 602 g/mol. The first kappa shape index (κ1) is 27.9. The molecule has 2 aliphatic rings. The van der Waals surface area contributed by atoms with Crippen molar-refractivity contribution in [3.63, 3.8) is 0 Å². The molecule has 2 aliphatic carbocycles. The molecule has 0 N–H and O–H groups in total. The van der Waals surface area contributed by atoms with E-state index in [9.17, 15) is 0 Å². The maximum Gasteiger partial charge on any atom is 0.137 e. The summed E-state index contributed by atoms with van der Waals surface area (Å²) in [6, 6.07) is 36.4. The first-order valence-corrected chi connectivity index (χ1v) is 17.3. The quantitative estimate of drug-likeness (QED) is 0.198. The van der Waals surface area contributed by atoms with Crippen LogP contribution in [0.1, 0.15) is 77.3 Å². The molecule has 0 saturated heterocycles. The maximum atomic E-state index is 5.14. The van der Waals surface area contributed by atoms with Crippen LogP contribution in [-0.4, -0.2) is 14.1 Å². The molecule has 3 atom stereocenters. The van der Waals surface area contributed by atoms with Crippen molar-refractivity contribution in [2.45, 2.75) is 77.0 Å². The fraction of sp³-hybridized carbons (Fsp3) is 0.326. The predicted molar refractivity (Wildman–Crippen MR) is 194 cm³/mol. The Labute approximate surface area is 271 Å². The number of aromatic nitrogens is 3. The van der Waals surface area contributed by atoms with Crippen LogP contribution < -0.4 is 0 Å². The van der Waals surface area contributed by atoms with Crippen molar-refractivity contribution in [1.82, 2.24) is 14.1 Å². The molecule has 4 aromatic carbocycles. The van der Waals surface area contributed by atoms with Crippen LogP contribution in [0.15, 0.2) is 103 Å². The molecule has 3 aromatic heterocycles. The first-order valence-electron chi connectivity index (χ1n) is 17.3. The molecule has 46 heavy (non-hydrogen) atoms. The minimum absolute atomic E-state index is 0.0910. The predicted octanol–water partition coefficient (Wildman–Crippen LogP) is 11.4. The number of hydrogen-bond acceptors (Lipinski definition) is 1. The lowest BCUT2D eigenvalue weighted by Gasteiger charge is -2.48. The van der Waals surface area contributed by atoms with Crippen LogP contribution in [-0.2, 0) is 10.8 Å². The summed E-state index contributed by atoms with van der Waals surface area (Å²) < 4.78 is 4.73. The van der Waals surface area contributed by atoms with Gasteiger partial charge in [-0.15, -0.1) is 0 Å². The van der Waals surface area contributed by atoms with Gasteiger partial charge in [0.25, 0.3) is 0 Å². The third-order valence-corrected chi connectivity index (χ3v) is 11.5. The maximum absolute atomic E-state index is 5.14. The van der Waals surface area contributed by atoms with Crippen LogP contribution in [0.2, 0.25) is 0 Å². The number of benzene rings is 4. The van der Waals surface area contributed by atoms with Crippen molar-refractivity contribution in [3.8, 4) is 11.5 Å². The van der Waals surface area contributed by atoms with Gasteiger partial charge in [-0.2, -0.15) is 0 Å². The van der Waals surface area contributed by atoms with Gasteiger partial charge < -0.3 is 4.57 Å². The van der Waals surface area contributed by atoms with E-state index in [-0.39, 0.29) is 5.41 Å². The van der Waals surface area contributed by atoms with Crippen molar-refractivity contribution in [1.29, 1.82) is 0 Å². The second-order valence-corrected chi connectivity index (χ2v) is 15.6. The largest absolute Gasteiger partial charge is 0.308 e. The van der Waals surface area contributed by atoms with Crippen LogP contribution in [0.4, 0.5) is 0 Å². The molecule has 0 amide bonds. The Morgan fingerprint density at radius 2 is 1.37 bits per heavy atom. The van der Waals surface area contributed by atoms with E-state index in [1.165, 1.54) is 87.7 Å². The van der Waals surface area contributed by atoms with E-state index in [1.807, 2.05) is 0 Å². The topological polar surface area (TPSA) is 22.8 Å². The number of para-hydroxylation sites is 2. The van der Waals surface area contributed by atoms with Gasteiger partial charge in [0.1, 0.15) is 5.82 Å². The summed E-state index contributed by atoms with van der Waals surface area (Å²) in [5.74, 6) is 2.66. The summed E-state index contributed by atoms with van der Waals surface area (Å²) in [6.45, 7) is 9.33. The Kier molecular flexibility index (Phi) is 6.10. The van der Waals surface area contributed by atoms with E-state index in [1.54, 1.807) is 5.56 Å². The molecule has 3 unspecified atom stereocenters. The number of fused-ring (bicyclic) bond motifs is 8. The van der Waals surface area contributed by atoms with Crippen LogP contribution in [0.3, 0.4) is 0 Å². The van der Waals surface area contributed by atoms with E-state index in [0.717, 1.165) is 23.3 Å². The molecular weight excluding hydrogens is 558 g/mol. The Morgan fingerprint density at radius 3 is 2.11 bits per heavy atom. The van der Waals surface area contributed by atoms with Crippen LogP contribution >= 0.6 is 0 Å². The zero-order valence-electron chi connectivity index (χ0n) is 27.6. The van der Waals surface area contributed by atoms with Crippen LogP contribution in [0, 0.1) is 11.8 Å². The van der Waals surface area contributed by atoms with Crippen molar-refractivity contribution in [2.75, 3.05) is 0 Å². The van der Waals surface area contributed by atoms with Gasteiger partial charge in [0.2, 0.25) is 0 Å². The SMILES string of the molecule is CC1CC2CCCC(c3ccc4c(c3)c3ccccc3n4-c3ccc(-n4c5ccccc5c5cc(C(C)(C)C)ccc54)nc3)(C1)C2. The van der Waals surface area contributed by atoms with Gasteiger partial charge in [0, 0.05) is 21.5 Å². The number of pyridine rings is 1. The highest BCUT2D eigenvalue weighted by molar-refractivity contribution is 6.10. The third kappa shape index (κ3) is 4.20. The third-order valence-electron chi connectivity index (χ3n) is 11.5. The minimum Gasteiger partial charge on any atom is -0.308 e. The summed E-state index contributed by atoms with van der Waals surface area (Å²) in [7, 11) is 0. The van der Waals surface area contributed by atoms with Gasteiger partial charge in [0.15, 0.2) is 0 Å². The van der Waals surface area contributed by atoms with Gasteiger partial charge in [0.05, 0.1) is 34.0 Å². The smallest absolute Gasteiger partial charge is 0.137 e. The highest BCUT2D eigenvalue weighted by atomic mass is 15.1. The van der Waals surface area contributed by atoms with E-state index >= 15 is 0 Å². The summed E-state index contributed by atoms with van der Waals surface area (Å²) in [5.41, 5.74) is 9.33. The Morgan fingerprint density at radius 1 is 0.696 bits per heavy atom. The fourth-order valence-corrected chi connectivity index (χ4v) is 9.48. The van der Waals surface area contributed by atoms with E-state index in [2.05, 4.69) is 140 Å². The molecule has 3 nitrogen and oxygen atoms in total.